The van der Waals surface area contributed by atoms with E-state index in [0.717, 1.165) is 42.7 Å². The van der Waals surface area contributed by atoms with Gasteiger partial charge in [-0.05, 0) is 56.2 Å². The summed E-state index contributed by atoms with van der Waals surface area (Å²) in [5, 5.41) is 6.13. The number of ether oxygens (including phenoxy) is 1. The molecule has 0 aliphatic heterocycles. The van der Waals surface area contributed by atoms with Crippen molar-refractivity contribution in [3.63, 3.8) is 0 Å². The summed E-state index contributed by atoms with van der Waals surface area (Å²) in [4.78, 5) is 25.6. The molecule has 1 N–H and O–H groups in total. The lowest BCUT2D eigenvalue weighted by atomic mass is 9.79. The van der Waals surface area contributed by atoms with E-state index in [-0.39, 0.29) is 18.4 Å². The zero-order chi connectivity index (χ0) is 21.5. The van der Waals surface area contributed by atoms with Crippen molar-refractivity contribution in [1.29, 1.82) is 0 Å². The summed E-state index contributed by atoms with van der Waals surface area (Å²) >= 11 is 7.37. The third-order valence-electron chi connectivity index (χ3n) is 5.85. The van der Waals surface area contributed by atoms with Crippen LogP contribution >= 0.6 is 22.9 Å². The summed E-state index contributed by atoms with van der Waals surface area (Å²) in [7, 11) is 0. The quantitative estimate of drug-likeness (QED) is 0.436. The number of benzene rings is 1. The summed E-state index contributed by atoms with van der Waals surface area (Å²) < 4.78 is 5.28. The predicted molar refractivity (Wildman–Crippen MR) is 124 cm³/mol. The first kappa shape index (κ1) is 22.8. The second kappa shape index (κ2) is 11.0. The van der Waals surface area contributed by atoms with Gasteiger partial charge in [0.15, 0.2) is 0 Å². The molecular formula is C24H30ClNO3S. The highest BCUT2D eigenvalue weighted by atomic mass is 35.5. The van der Waals surface area contributed by atoms with Crippen LogP contribution in [-0.2, 0) is 9.53 Å². The van der Waals surface area contributed by atoms with Gasteiger partial charge in [-0.1, -0.05) is 49.9 Å². The van der Waals surface area contributed by atoms with E-state index in [9.17, 15) is 9.59 Å². The number of hydrogen-bond acceptors (Lipinski definition) is 4. The van der Waals surface area contributed by atoms with Crippen molar-refractivity contribution >= 4 is 39.8 Å². The molecule has 162 valence electrons. The van der Waals surface area contributed by atoms with E-state index in [4.69, 9.17) is 16.3 Å². The Kier molecular flexibility index (Phi) is 8.34. The maximum Gasteiger partial charge on any atom is 0.341 e. The number of anilines is 1. The smallest absolute Gasteiger partial charge is 0.341 e. The van der Waals surface area contributed by atoms with Crippen molar-refractivity contribution in [3.05, 3.63) is 40.2 Å². The number of nitrogens with one attached hydrogen (secondary N) is 1. The largest absolute Gasteiger partial charge is 0.462 e. The zero-order valence-corrected chi connectivity index (χ0v) is 19.3. The molecule has 1 saturated carbocycles. The van der Waals surface area contributed by atoms with Crippen LogP contribution in [0.3, 0.4) is 0 Å². The Bertz CT molecular complexity index is 854. The Hall–Kier alpha value is -1.85. The molecule has 0 bridgehead atoms. The van der Waals surface area contributed by atoms with E-state index in [2.05, 4.69) is 12.2 Å². The van der Waals surface area contributed by atoms with E-state index in [0.29, 0.717) is 15.6 Å². The molecule has 2 aromatic rings. The van der Waals surface area contributed by atoms with Crippen molar-refractivity contribution in [2.45, 2.75) is 58.8 Å². The van der Waals surface area contributed by atoms with E-state index < -0.39 is 5.97 Å². The van der Waals surface area contributed by atoms with Gasteiger partial charge in [0.2, 0.25) is 5.91 Å². The van der Waals surface area contributed by atoms with Crippen LogP contribution in [0.1, 0.15) is 69.2 Å². The number of amides is 1. The number of halogens is 1. The molecule has 1 heterocycles. The number of carbonyl (C=O) groups excluding carboxylic acids is 2. The van der Waals surface area contributed by atoms with Gasteiger partial charge < -0.3 is 10.1 Å². The van der Waals surface area contributed by atoms with Gasteiger partial charge in [-0.3, -0.25) is 4.79 Å². The zero-order valence-electron chi connectivity index (χ0n) is 17.7. The van der Waals surface area contributed by atoms with Gasteiger partial charge in [-0.15, -0.1) is 11.3 Å². The summed E-state index contributed by atoms with van der Waals surface area (Å²) in [6, 6.07) is 7.32. The molecule has 3 rings (SSSR count). The average molecular weight is 448 g/mol. The molecule has 0 atom stereocenters. The average Bonchev–Trinajstić information content (AvgIpc) is 3.16. The number of hydrogen-bond donors (Lipinski definition) is 1. The molecule has 4 nitrogen and oxygen atoms in total. The van der Waals surface area contributed by atoms with Gasteiger partial charge in [0.1, 0.15) is 10.6 Å². The molecule has 1 amide bonds. The van der Waals surface area contributed by atoms with Crippen molar-refractivity contribution < 1.29 is 14.3 Å². The second-order valence-electron chi connectivity index (χ2n) is 7.93. The van der Waals surface area contributed by atoms with Crippen molar-refractivity contribution in [2.24, 2.45) is 11.8 Å². The highest BCUT2D eigenvalue weighted by molar-refractivity contribution is 7.15. The van der Waals surface area contributed by atoms with Crippen molar-refractivity contribution in [2.75, 3.05) is 11.9 Å². The second-order valence-corrected chi connectivity index (χ2v) is 9.25. The maximum absolute atomic E-state index is 12.9. The predicted octanol–water partition coefficient (Wildman–Crippen LogP) is 7.18. The van der Waals surface area contributed by atoms with Crippen LogP contribution in [0.4, 0.5) is 5.00 Å². The Balaban J connectivity index is 1.74. The molecule has 0 unspecified atom stereocenters. The van der Waals surface area contributed by atoms with E-state index in [1.165, 1.54) is 30.6 Å². The lowest BCUT2D eigenvalue weighted by molar-refractivity contribution is -0.121. The van der Waals surface area contributed by atoms with Gasteiger partial charge in [-0.2, -0.15) is 0 Å². The standard InChI is InChI=1S/C24H30ClNO3S/c1-3-5-6-16-7-9-18(10-8-16)22(27)26-23-21(24(28)29-4-2)20(15-30-23)17-11-13-19(25)14-12-17/h11-16,18H,3-10H2,1-2H3,(H,26,27). The first-order valence-electron chi connectivity index (χ1n) is 10.9. The summed E-state index contributed by atoms with van der Waals surface area (Å²) in [6.07, 6.45) is 7.84. The van der Waals surface area contributed by atoms with E-state index in [1.54, 1.807) is 19.1 Å². The summed E-state index contributed by atoms with van der Waals surface area (Å²) in [5.41, 5.74) is 2.05. The highest BCUT2D eigenvalue weighted by Gasteiger charge is 2.28. The molecular weight excluding hydrogens is 418 g/mol. The third-order valence-corrected chi connectivity index (χ3v) is 6.99. The molecule has 0 spiro atoms. The normalized spacial score (nSPS) is 18.8. The van der Waals surface area contributed by atoms with Crippen LogP contribution in [0.15, 0.2) is 29.6 Å². The molecule has 30 heavy (non-hydrogen) atoms. The first-order chi connectivity index (χ1) is 14.5. The monoisotopic (exact) mass is 447 g/mol. The van der Waals surface area contributed by atoms with Crippen molar-refractivity contribution in [3.8, 4) is 11.1 Å². The highest BCUT2D eigenvalue weighted by Crippen LogP contribution is 2.38. The Morgan fingerprint density at radius 3 is 2.47 bits per heavy atom. The molecule has 1 aromatic heterocycles. The number of esters is 1. The van der Waals surface area contributed by atoms with Crippen LogP contribution in [0, 0.1) is 11.8 Å². The SMILES string of the molecule is CCCCC1CCC(C(=O)Nc2scc(-c3ccc(Cl)cc3)c2C(=O)OCC)CC1. The van der Waals surface area contributed by atoms with Crippen LogP contribution in [0.2, 0.25) is 5.02 Å². The number of rotatable bonds is 8. The van der Waals surface area contributed by atoms with Gasteiger partial charge in [0.25, 0.3) is 0 Å². The molecule has 1 aromatic carbocycles. The van der Waals surface area contributed by atoms with Crippen LogP contribution in [0.5, 0.6) is 0 Å². The summed E-state index contributed by atoms with van der Waals surface area (Å²) in [6.45, 7) is 4.28. The number of unbranched alkanes of at least 4 members (excludes halogenated alkanes) is 1. The fourth-order valence-electron chi connectivity index (χ4n) is 4.12. The molecule has 1 aliphatic rings. The topological polar surface area (TPSA) is 55.4 Å². The van der Waals surface area contributed by atoms with Gasteiger partial charge >= 0.3 is 5.97 Å². The van der Waals surface area contributed by atoms with Crippen LogP contribution in [0.25, 0.3) is 11.1 Å². The van der Waals surface area contributed by atoms with Crippen molar-refractivity contribution in [1.82, 2.24) is 0 Å². The lowest BCUT2D eigenvalue weighted by Crippen LogP contribution is -2.27. The fraction of sp³-hybridized carbons (Fsp3) is 0.500. The summed E-state index contributed by atoms with van der Waals surface area (Å²) in [5.74, 6) is 0.364. The van der Waals surface area contributed by atoms with Gasteiger partial charge in [0, 0.05) is 21.9 Å². The minimum atomic E-state index is -0.415. The minimum absolute atomic E-state index is 0.0130. The third kappa shape index (κ3) is 5.64. The Morgan fingerprint density at radius 1 is 1.13 bits per heavy atom. The number of carbonyl (C=O) groups is 2. The Morgan fingerprint density at radius 2 is 1.83 bits per heavy atom. The van der Waals surface area contributed by atoms with Gasteiger partial charge in [0.05, 0.1) is 6.61 Å². The lowest BCUT2D eigenvalue weighted by Gasteiger charge is -2.27. The maximum atomic E-state index is 12.9. The first-order valence-corrected chi connectivity index (χ1v) is 12.1. The Labute approximate surface area is 188 Å². The van der Waals surface area contributed by atoms with E-state index in [1.807, 2.05) is 17.5 Å². The fourth-order valence-corrected chi connectivity index (χ4v) is 5.20. The molecule has 1 aliphatic carbocycles. The van der Waals surface area contributed by atoms with E-state index >= 15 is 0 Å². The van der Waals surface area contributed by atoms with Gasteiger partial charge in [-0.25, -0.2) is 4.79 Å². The van der Waals surface area contributed by atoms with Crippen LogP contribution < -0.4 is 5.32 Å². The molecule has 6 heteroatoms. The molecule has 0 radical (unpaired) electrons. The minimum Gasteiger partial charge on any atom is -0.462 e. The molecule has 1 fully saturated rings. The molecule has 0 saturated heterocycles. The number of thiophene rings is 1. The van der Waals surface area contributed by atoms with Crippen LogP contribution in [-0.4, -0.2) is 18.5 Å².